The zero-order valence-electron chi connectivity index (χ0n) is 7.26. The van der Waals surface area contributed by atoms with Crippen molar-refractivity contribution in [3.8, 4) is 5.69 Å². The van der Waals surface area contributed by atoms with Gasteiger partial charge >= 0.3 is 0 Å². The van der Waals surface area contributed by atoms with Gasteiger partial charge in [0.05, 0.1) is 18.4 Å². The predicted molar refractivity (Wildman–Crippen MR) is 52.1 cm³/mol. The summed E-state index contributed by atoms with van der Waals surface area (Å²) in [5.74, 6) is 0.689. The minimum atomic E-state index is 0.336. The van der Waals surface area contributed by atoms with Crippen LogP contribution in [-0.4, -0.2) is 19.7 Å². The van der Waals surface area contributed by atoms with Gasteiger partial charge in [-0.05, 0) is 12.1 Å². The third kappa shape index (κ3) is 1.59. The Kier molecular flexibility index (Phi) is 2.43. The predicted octanol–water partition coefficient (Wildman–Crippen LogP) is 0.774. The lowest BCUT2D eigenvalue weighted by atomic mass is 10.4. The molecule has 0 radical (unpaired) electrons. The summed E-state index contributed by atoms with van der Waals surface area (Å²) in [4.78, 5) is 7.95. The van der Waals surface area contributed by atoms with Gasteiger partial charge in [0.25, 0.3) is 0 Å². The van der Waals surface area contributed by atoms with E-state index in [4.69, 9.17) is 17.3 Å². The lowest BCUT2D eigenvalue weighted by Crippen LogP contribution is -2.08. The van der Waals surface area contributed by atoms with Crippen molar-refractivity contribution in [3.63, 3.8) is 0 Å². The monoisotopic (exact) mass is 209 g/mol. The highest BCUT2D eigenvalue weighted by Gasteiger charge is 2.04. The Morgan fingerprint density at radius 3 is 2.86 bits per heavy atom. The molecule has 2 rings (SSSR count). The van der Waals surface area contributed by atoms with Crippen LogP contribution in [0.1, 0.15) is 5.82 Å². The molecule has 0 saturated heterocycles. The van der Waals surface area contributed by atoms with Gasteiger partial charge in [-0.2, -0.15) is 5.10 Å². The van der Waals surface area contributed by atoms with E-state index in [9.17, 15) is 0 Å². The van der Waals surface area contributed by atoms with Crippen LogP contribution in [0.25, 0.3) is 5.69 Å². The molecule has 0 saturated carbocycles. The fraction of sp³-hybridized carbons (Fsp3) is 0.125. The maximum Gasteiger partial charge on any atom is 0.146 e. The first-order chi connectivity index (χ1) is 6.81. The van der Waals surface area contributed by atoms with Gasteiger partial charge < -0.3 is 5.73 Å². The minimum Gasteiger partial charge on any atom is -0.324 e. The third-order valence-corrected chi connectivity index (χ3v) is 1.98. The molecule has 0 aliphatic rings. The third-order valence-electron chi connectivity index (χ3n) is 1.76. The summed E-state index contributed by atoms with van der Waals surface area (Å²) in [6.45, 7) is 0.336. The molecule has 0 bridgehead atoms. The van der Waals surface area contributed by atoms with E-state index in [0.29, 0.717) is 17.5 Å². The normalized spacial score (nSPS) is 10.4. The van der Waals surface area contributed by atoms with Gasteiger partial charge in [0, 0.05) is 0 Å². The highest BCUT2D eigenvalue weighted by Crippen LogP contribution is 2.10. The second kappa shape index (κ2) is 3.73. The standard InChI is InChI=1S/C8H8ClN5/c9-7-2-1-6(4-11-7)14-8(3-10)12-5-13-14/h1-2,4-5H,3,10H2. The highest BCUT2D eigenvalue weighted by molar-refractivity contribution is 6.29. The second-order valence-corrected chi connectivity index (χ2v) is 3.02. The van der Waals surface area contributed by atoms with Crippen molar-refractivity contribution in [2.75, 3.05) is 0 Å². The average molecular weight is 210 g/mol. The SMILES string of the molecule is NCc1ncnn1-c1ccc(Cl)nc1. The molecule has 0 amide bonds. The van der Waals surface area contributed by atoms with Gasteiger partial charge in [0.1, 0.15) is 17.3 Å². The largest absolute Gasteiger partial charge is 0.324 e. The van der Waals surface area contributed by atoms with Gasteiger partial charge in [0.2, 0.25) is 0 Å². The van der Waals surface area contributed by atoms with Crippen molar-refractivity contribution in [1.29, 1.82) is 0 Å². The van der Waals surface area contributed by atoms with E-state index in [-0.39, 0.29) is 0 Å². The van der Waals surface area contributed by atoms with E-state index < -0.39 is 0 Å². The molecule has 2 heterocycles. The lowest BCUT2D eigenvalue weighted by molar-refractivity contribution is 0.786. The number of hydrogen-bond donors (Lipinski definition) is 1. The Bertz CT molecular complexity index is 422. The van der Waals surface area contributed by atoms with Gasteiger partial charge in [-0.15, -0.1) is 0 Å². The summed E-state index contributed by atoms with van der Waals surface area (Å²) in [6, 6.07) is 3.50. The molecule has 0 fully saturated rings. The van der Waals surface area contributed by atoms with Crippen LogP contribution < -0.4 is 5.73 Å². The van der Waals surface area contributed by atoms with Crippen LogP contribution >= 0.6 is 11.6 Å². The van der Waals surface area contributed by atoms with Crippen molar-refractivity contribution >= 4 is 11.6 Å². The quantitative estimate of drug-likeness (QED) is 0.742. The van der Waals surface area contributed by atoms with Crippen LogP contribution in [0.5, 0.6) is 0 Å². The van der Waals surface area contributed by atoms with Gasteiger partial charge in [-0.1, -0.05) is 11.6 Å². The first kappa shape index (κ1) is 9.11. The first-order valence-electron chi connectivity index (χ1n) is 4.02. The molecule has 6 heteroatoms. The van der Waals surface area contributed by atoms with E-state index in [1.54, 1.807) is 16.9 Å². The van der Waals surface area contributed by atoms with E-state index >= 15 is 0 Å². The van der Waals surface area contributed by atoms with Gasteiger partial charge in [-0.3, -0.25) is 0 Å². The number of pyridine rings is 1. The number of hydrogen-bond acceptors (Lipinski definition) is 4. The number of aromatic nitrogens is 4. The summed E-state index contributed by atoms with van der Waals surface area (Å²) < 4.78 is 1.63. The number of nitrogens with two attached hydrogens (primary N) is 1. The van der Waals surface area contributed by atoms with Crippen LogP contribution in [0.3, 0.4) is 0 Å². The van der Waals surface area contributed by atoms with Crippen molar-refractivity contribution < 1.29 is 0 Å². The molecule has 0 aromatic carbocycles. The van der Waals surface area contributed by atoms with Crippen molar-refractivity contribution in [2.24, 2.45) is 5.73 Å². The molecular weight excluding hydrogens is 202 g/mol. The Hall–Kier alpha value is -1.46. The van der Waals surface area contributed by atoms with E-state index in [1.165, 1.54) is 6.33 Å². The van der Waals surface area contributed by atoms with Crippen LogP contribution in [0.2, 0.25) is 5.15 Å². The molecule has 2 N–H and O–H groups in total. The fourth-order valence-electron chi connectivity index (χ4n) is 1.11. The smallest absolute Gasteiger partial charge is 0.146 e. The van der Waals surface area contributed by atoms with Gasteiger partial charge in [-0.25, -0.2) is 14.6 Å². The first-order valence-corrected chi connectivity index (χ1v) is 4.40. The zero-order chi connectivity index (χ0) is 9.97. The van der Waals surface area contributed by atoms with Crippen LogP contribution in [0.15, 0.2) is 24.7 Å². The molecular formula is C8H8ClN5. The summed E-state index contributed by atoms with van der Waals surface area (Å²) in [6.07, 6.45) is 3.08. The lowest BCUT2D eigenvalue weighted by Gasteiger charge is -2.02. The maximum atomic E-state index is 5.67. The Morgan fingerprint density at radius 2 is 2.21 bits per heavy atom. The van der Waals surface area contributed by atoms with Crippen molar-refractivity contribution in [1.82, 2.24) is 19.7 Å². The number of halogens is 1. The molecule has 2 aromatic rings. The average Bonchev–Trinajstić information content (AvgIpc) is 2.67. The highest BCUT2D eigenvalue weighted by atomic mass is 35.5. The Balaban J connectivity index is 2.44. The minimum absolute atomic E-state index is 0.336. The summed E-state index contributed by atoms with van der Waals surface area (Å²) in [5, 5.41) is 4.48. The van der Waals surface area contributed by atoms with Crippen molar-refractivity contribution in [3.05, 3.63) is 35.6 Å². The molecule has 0 spiro atoms. The molecule has 0 atom stereocenters. The number of rotatable bonds is 2. The van der Waals surface area contributed by atoms with Crippen LogP contribution in [0, 0.1) is 0 Å². The van der Waals surface area contributed by atoms with Gasteiger partial charge in [0.15, 0.2) is 0 Å². The van der Waals surface area contributed by atoms with Crippen molar-refractivity contribution in [2.45, 2.75) is 6.54 Å². The molecule has 0 aliphatic heterocycles. The zero-order valence-corrected chi connectivity index (χ0v) is 8.02. The number of nitrogens with zero attached hydrogens (tertiary/aromatic N) is 4. The molecule has 72 valence electrons. The fourth-order valence-corrected chi connectivity index (χ4v) is 1.23. The summed E-state index contributed by atoms with van der Waals surface area (Å²) in [5.41, 5.74) is 6.29. The van der Waals surface area contributed by atoms with Crippen LogP contribution in [0.4, 0.5) is 0 Å². The Morgan fingerprint density at radius 1 is 1.36 bits per heavy atom. The van der Waals surface area contributed by atoms with E-state index in [1.807, 2.05) is 6.07 Å². The molecule has 2 aromatic heterocycles. The second-order valence-electron chi connectivity index (χ2n) is 2.63. The van der Waals surface area contributed by atoms with Crippen LogP contribution in [-0.2, 0) is 6.54 Å². The summed E-state index contributed by atoms with van der Waals surface area (Å²) >= 11 is 5.67. The van der Waals surface area contributed by atoms with E-state index in [0.717, 1.165) is 5.69 Å². The maximum absolute atomic E-state index is 5.67. The van der Waals surface area contributed by atoms with E-state index in [2.05, 4.69) is 15.1 Å². The Labute approximate surface area is 85.5 Å². The molecule has 0 unspecified atom stereocenters. The molecule has 0 aliphatic carbocycles. The summed E-state index contributed by atoms with van der Waals surface area (Å²) in [7, 11) is 0. The molecule has 14 heavy (non-hydrogen) atoms. The topological polar surface area (TPSA) is 69.6 Å². The molecule has 5 nitrogen and oxygen atoms in total.